The van der Waals surface area contributed by atoms with Crippen LogP contribution in [-0.4, -0.2) is 27.2 Å². The first-order chi connectivity index (χ1) is 8.82. The van der Waals surface area contributed by atoms with Crippen LogP contribution in [0.3, 0.4) is 0 Å². The van der Waals surface area contributed by atoms with Crippen LogP contribution in [0.1, 0.15) is 8.29 Å². The van der Waals surface area contributed by atoms with Crippen LogP contribution in [-0.2, 0) is 0 Å². The predicted molar refractivity (Wildman–Crippen MR) is 63.5 cm³/mol. The van der Waals surface area contributed by atoms with Crippen molar-refractivity contribution in [3.8, 4) is 0 Å². The van der Waals surface area contributed by atoms with Gasteiger partial charge in [-0.15, -0.1) is 0 Å². The summed E-state index contributed by atoms with van der Waals surface area (Å²) >= 11 is 0. The highest BCUT2D eigenvalue weighted by Gasteiger charge is 2.18. The van der Waals surface area contributed by atoms with E-state index in [2.05, 4.69) is 10.5 Å². The van der Waals surface area contributed by atoms with Crippen LogP contribution in [0, 0.1) is 20.2 Å². The van der Waals surface area contributed by atoms with Crippen molar-refractivity contribution in [2.75, 3.05) is 5.43 Å². The number of rotatable bonds is 5. The van der Waals surface area contributed by atoms with Crippen molar-refractivity contribution in [1.82, 2.24) is 0 Å². The predicted octanol–water partition coefficient (Wildman–Crippen LogP) is 1.28. The third-order valence-corrected chi connectivity index (χ3v) is 1.82. The second-order valence-corrected chi connectivity index (χ2v) is 3.24. The normalized spacial score (nSPS) is 13.7. The van der Waals surface area contributed by atoms with Gasteiger partial charge < -0.3 is 5.11 Å². The van der Waals surface area contributed by atoms with Crippen LogP contribution >= 0.6 is 0 Å². The maximum atomic E-state index is 10.8. The van der Waals surface area contributed by atoms with Crippen LogP contribution in [0.2, 0.25) is 0 Å². The molecule has 1 aromatic carbocycles. The number of nitro groups is 2. The lowest BCUT2D eigenvalue weighted by molar-refractivity contribution is -0.393. The van der Waals surface area contributed by atoms with E-state index in [1.807, 2.05) is 0 Å². The van der Waals surface area contributed by atoms with E-state index in [1.54, 1.807) is 0 Å². The van der Waals surface area contributed by atoms with Gasteiger partial charge in [-0.2, -0.15) is 5.10 Å². The van der Waals surface area contributed by atoms with Crippen molar-refractivity contribution in [2.24, 2.45) is 5.10 Å². The molecule has 0 aliphatic rings. The van der Waals surface area contributed by atoms with Gasteiger partial charge in [0.15, 0.2) is 0 Å². The lowest BCUT2D eigenvalue weighted by Gasteiger charge is -2.02. The van der Waals surface area contributed by atoms with Gasteiger partial charge in [-0.3, -0.25) is 25.7 Å². The van der Waals surface area contributed by atoms with E-state index >= 15 is 0 Å². The van der Waals surface area contributed by atoms with Crippen molar-refractivity contribution < 1.29 is 16.3 Å². The van der Waals surface area contributed by atoms with Crippen molar-refractivity contribution in [3.63, 3.8) is 0 Å². The molecule has 96 valence electrons. The summed E-state index contributed by atoms with van der Waals surface area (Å²) in [5.74, 6) is 0. The standard InChI is InChI=1S/C9H10N4O5/c1-6(14)5-10-11-8-3-2-7(12(15)16)4-9(8)13(17)18/h2-6,11,14H,1H3/b10-5-/i5D. The fourth-order valence-electron chi connectivity index (χ4n) is 1.07. The molecule has 0 aliphatic heterocycles. The van der Waals surface area contributed by atoms with Gasteiger partial charge >= 0.3 is 5.69 Å². The Balaban J connectivity index is 3.11. The Morgan fingerprint density at radius 3 is 2.67 bits per heavy atom. The highest BCUT2D eigenvalue weighted by molar-refractivity contribution is 5.68. The molecule has 1 aromatic rings. The SMILES string of the molecule is [2H]/C(=N/Nc1ccc([N+](=O)[O-])cc1[N+](=O)[O-])C(C)O. The molecule has 0 fully saturated rings. The van der Waals surface area contributed by atoms with Gasteiger partial charge in [0.25, 0.3) is 5.69 Å². The van der Waals surface area contributed by atoms with Crippen LogP contribution in [0.15, 0.2) is 23.3 Å². The highest BCUT2D eigenvalue weighted by Crippen LogP contribution is 2.28. The number of nitro benzene ring substituents is 2. The molecule has 0 saturated heterocycles. The fourth-order valence-corrected chi connectivity index (χ4v) is 1.07. The number of hydrogen-bond acceptors (Lipinski definition) is 7. The molecule has 1 unspecified atom stereocenters. The number of non-ortho nitro benzene ring substituents is 1. The Morgan fingerprint density at radius 1 is 1.50 bits per heavy atom. The van der Waals surface area contributed by atoms with E-state index in [0.717, 1.165) is 18.2 Å². The third kappa shape index (κ3) is 3.49. The van der Waals surface area contributed by atoms with Gasteiger partial charge in [0, 0.05) is 6.07 Å². The maximum Gasteiger partial charge on any atom is 0.301 e. The minimum Gasteiger partial charge on any atom is -0.388 e. The summed E-state index contributed by atoms with van der Waals surface area (Å²) in [7, 11) is 0. The number of anilines is 1. The summed E-state index contributed by atoms with van der Waals surface area (Å²) in [6, 6.07) is 2.95. The second-order valence-electron chi connectivity index (χ2n) is 3.24. The molecule has 9 nitrogen and oxygen atoms in total. The molecule has 0 heterocycles. The number of nitrogens with one attached hydrogen (secondary N) is 1. The molecule has 18 heavy (non-hydrogen) atoms. The summed E-state index contributed by atoms with van der Waals surface area (Å²) in [6.07, 6.45) is -1.56. The van der Waals surface area contributed by atoms with Crippen LogP contribution in [0.4, 0.5) is 17.1 Å². The molecule has 1 rings (SSSR count). The average molecular weight is 255 g/mol. The van der Waals surface area contributed by atoms with Crippen LogP contribution in [0.25, 0.3) is 0 Å². The number of aliphatic hydroxyl groups excluding tert-OH is 1. The first-order valence-electron chi connectivity index (χ1n) is 5.24. The monoisotopic (exact) mass is 255 g/mol. The summed E-state index contributed by atoms with van der Waals surface area (Å²) in [5, 5.41) is 33.7. The van der Waals surface area contributed by atoms with E-state index in [-0.39, 0.29) is 5.69 Å². The number of benzene rings is 1. The number of aliphatic hydroxyl groups is 1. The highest BCUT2D eigenvalue weighted by atomic mass is 16.6. The quantitative estimate of drug-likeness (QED) is 0.462. The molecule has 9 heteroatoms. The number of hydrazone groups is 1. The van der Waals surface area contributed by atoms with Crippen LogP contribution in [0.5, 0.6) is 0 Å². The van der Waals surface area contributed by atoms with Crippen molar-refractivity contribution in [3.05, 3.63) is 38.4 Å². The lowest BCUT2D eigenvalue weighted by atomic mass is 10.2. The summed E-state index contributed by atoms with van der Waals surface area (Å²) in [4.78, 5) is 19.7. The Bertz CT molecular complexity index is 545. The van der Waals surface area contributed by atoms with Gasteiger partial charge in [-0.25, -0.2) is 0 Å². The molecule has 0 bridgehead atoms. The van der Waals surface area contributed by atoms with E-state index in [9.17, 15) is 20.2 Å². The minimum absolute atomic E-state index is 0.110. The lowest BCUT2D eigenvalue weighted by Crippen LogP contribution is -2.04. The van der Waals surface area contributed by atoms with Gasteiger partial charge in [0.2, 0.25) is 0 Å². The summed E-state index contributed by atoms with van der Waals surface area (Å²) in [6.45, 7) is 1.30. The molecule has 0 saturated carbocycles. The van der Waals surface area contributed by atoms with Crippen molar-refractivity contribution in [1.29, 1.82) is 0 Å². The van der Waals surface area contributed by atoms with Gasteiger partial charge in [-0.1, -0.05) is 0 Å². The maximum absolute atomic E-state index is 10.8. The average Bonchev–Trinajstić information content (AvgIpc) is 2.35. The molecule has 0 aromatic heterocycles. The first-order valence-corrected chi connectivity index (χ1v) is 4.74. The zero-order valence-corrected chi connectivity index (χ0v) is 9.23. The Morgan fingerprint density at radius 2 is 2.17 bits per heavy atom. The molecular weight excluding hydrogens is 244 g/mol. The zero-order chi connectivity index (χ0) is 14.6. The first kappa shape index (κ1) is 11.9. The summed E-state index contributed by atoms with van der Waals surface area (Å²) in [5.41, 5.74) is 1.13. The number of hydrogen-bond donors (Lipinski definition) is 2. The summed E-state index contributed by atoms with van der Waals surface area (Å²) < 4.78 is 7.22. The third-order valence-electron chi connectivity index (χ3n) is 1.82. The molecule has 2 N–H and O–H groups in total. The largest absolute Gasteiger partial charge is 0.388 e. The molecule has 1 atom stereocenters. The van der Waals surface area contributed by atoms with E-state index in [1.165, 1.54) is 6.92 Å². The zero-order valence-electron chi connectivity index (χ0n) is 10.2. The Hall–Kier alpha value is -2.55. The van der Waals surface area contributed by atoms with Crippen molar-refractivity contribution in [2.45, 2.75) is 13.0 Å². The van der Waals surface area contributed by atoms with Crippen molar-refractivity contribution >= 4 is 23.3 Å². The van der Waals surface area contributed by atoms with Gasteiger partial charge in [0.1, 0.15) is 5.69 Å². The fraction of sp³-hybridized carbons (Fsp3) is 0.222. The topological polar surface area (TPSA) is 131 Å². The Kier molecular flexibility index (Phi) is 3.76. The van der Waals surface area contributed by atoms with Gasteiger partial charge in [0.05, 0.1) is 29.6 Å². The van der Waals surface area contributed by atoms with E-state index in [4.69, 9.17) is 6.48 Å². The molecule has 0 spiro atoms. The Labute approximate surface area is 102 Å². The molecular formula is C9H10N4O5. The van der Waals surface area contributed by atoms with E-state index in [0.29, 0.717) is 0 Å². The minimum atomic E-state index is -1.13. The smallest absolute Gasteiger partial charge is 0.301 e. The van der Waals surface area contributed by atoms with Crippen LogP contribution < -0.4 is 5.43 Å². The molecule has 0 aliphatic carbocycles. The molecule has 0 radical (unpaired) electrons. The molecule has 0 amide bonds. The number of nitrogens with zero attached hydrogens (tertiary/aromatic N) is 3. The second kappa shape index (κ2) is 5.68. The van der Waals surface area contributed by atoms with E-state index < -0.39 is 33.5 Å². The van der Waals surface area contributed by atoms with Gasteiger partial charge in [-0.05, 0) is 13.0 Å².